The topological polar surface area (TPSA) is 48.1 Å². The lowest BCUT2D eigenvalue weighted by atomic mass is 10.2. The predicted octanol–water partition coefficient (Wildman–Crippen LogP) is 2.93. The van der Waals surface area contributed by atoms with E-state index in [-0.39, 0.29) is 0 Å². The summed E-state index contributed by atoms with van der Waals surface area (Å²) in [6.45, 7) is 0.352. The van der Waals surface area contributed by atoms with Crippen molar-refractivity contribution in [3.8, 4) is 16.3 Å². The molecule has 0 aliphatic rings. The van der Waals surface area contributed by atoms with Crippen molar-refractivity contribution in [3.05, 3.63) is 34.3 Å². The molecule has 0 radical (unpaired) electrons. The van der Waals surface area contributed by atoms with E-state index in [1.807, 2.05) is 24.3 Å². The standard InChI is InChI=1S/C11H11ClN2OS/c1-15-9-5-3-2-4-7(9)11-14-8(6-13)10(12)16-11/h2-5H,6,13H2,1H3. The van der Waals surface area contributed by atoms with Gasteiger partial charge in [0.1, 0.15) is 15.1 Å². The Bertz CT molecular complexity index is 498. The molecule has 0 saturated carbocycles. The van der Waals surface area contributed by atoms with E-state index in [4.69, 9.17) is 22.1 Å². The monoisotopic (exact) mass is 254 g/mol. The number of methoxy groups -OCH3 is 1. The van der Waals surface area contributed by atoms with E-state index in [2.05, 4.69) is 4.98 Å². The highest BCUT2D eigenvalue weighted by Gasteiger charge is 2.12. The summed E-state index contributed by atoms with van der Waals surface area (Å²) in [5.74, 6) is 0.788. The summed E-state index contributed by atoms with van der Waals surface area (Å²) >= 11 is 7.44. The number of aromatic nitrogens is 1. The molecule has 0 unspecified atom stereocenters. The average Bonchev–Trinajstić information content (AvgIpc) is 2.70. The Balaban J connectivity index is 2.49. The minimum absolute atomic E-state index is 0.352. The zero-order chi connectivity index (χ0) is 11.5. The van der Waals surface area contributed by atoms with E-state index < -0.39 is 0 Å². The minimum atomic E-state index is 0.352. The Labute approximate surface area is 103 Å². The fraction of sp³-hybridized carbons (Fsp3) is 0.182. The van der Waals surface area contributed by atoms with Gasteiger partial charge in [-0.25, -0.2) is 4.98 Å². The number of ether oxygens (including phenoxy) is 1. The van der Waals surface area contributed by atoms with Gasteiger partial charge in [-0.2, -0.15) is 0 Å². The molecule has 0 fully saturated rings. The molecule has 1 aromatic carbocycles. The molecule has 2 rings (SSSR count). The van der Waals surface area contributed by atoms with Crippen molar-refractivity contribution >= 4 is 22.9 Å². The molecule has 1 heterocycles. The van der Waals surface area contributed by atoms with Crippen LogP contribution < -0.4 is 10.5 Å². The van der Waals surface area contributed by atoms with Crippen molar-refractivity contribution in [2.75, 3.05) is 7.11 Å². The number of benzene rings is 1. The number of para-hydroxylation sites is 1. The van der Waals surface area contributed by atoms with Crippen LogP contribution in [-0.2, 0) is 6.54 Å². The van der Waals surface area contributed by atoms with Crippen LogP contribution in [0.4, 0.5) is 0 Å². The second-order valence-corrected chi connectivity index (χ2v) is 4.74. The molecule has 84 valence electrons. The van der Waals surface area contributed by atoms with Gasteiger partial charge in [-0.3, -0.25) is 0 Å². The number of rotatable bonds is 3. The first-order valence-corrected chi connectivity index (χ1v) is 5.94. The summed E-state index contributed by atoms with van der Waals surface area (Å²) in [5, 5.41) is 0.836. The lowest BCUT2D eigenvalue weighted by Gasteiger charge is -2.04. The maximum Gasteiger partial charge on any atom is 0.129 e. The zero-order valence-corrected chi connectivity index (χ0v) is 10.3. The third kappa shape index (κ3) is 2.04. The Morgan fingerprint density at radius 3 is 2.81 bits per heavy atom. The molecule has 0 amide bonds. The second-order valence-electron chi connectivity index (χ2n) is 3.14. The van der Waals surface area contributed by atoms with E-state index in [1.54, 1.807) is 7.11 Å². The van der Waals surface area contributed by atoms with Crippen LogP contribution in [-0.4, -0.2) is 12.1 Å². The first-order valence-electron chi connectivity index (χ1n) is 4.75. The Morgan fingerprint density at radius 1 is 1.44 bits per heavy atom. The molecule has 16 heavy (non-hydrogen) atoms. The summed E-state index contributed by atoms with van der Waals surface area (Å²) in [6, 6.07) is 7.71. The number of hydrogen-bond donors (Lipinski definition) is 1. The third-order valence-corrected chi connectivity index (χ3v) is 3.55. The van der Waals surface area contributed by atoms with E-state index >= 15 is 0 Å². The molecule has 0 saturated heterocycles. The van der Waals surface area contributed by atoms with E-state index in [0.29, 0.717) is 10.9 Å². The van der Waals surface area contributed by atoms with Crippen molar-refractivity contribution in [1.29, 1.82) is 0 Å². The number of thiazole rings is 1. The predicted molar refractivity (Wildman–Crippen MR) is 67.0 cm³/mol. The Hall–Kier alpha value is -1.10. The van der Waals surface area contributed by atoms with Crippen LogP contribution in [0.2, 0.25) is 4.34 Å². The van der Waals surface area contributed by atoms with Crippen LogP contribution in [0.15, 0.2) is 24.3 Å². The van der Waals surface area contributed by atoms with Crippen molar-refractivity contribution < 1.29 is 4.74 Å². The third-order valence-electron chi connectivity index (χ3n) is 2.18. The van der Waals surface area contributed by atoms with Gasteiger partial charge in [0.15, 0.2) is 0 Å². The lowest BCUT2D eigenvalue weighted by molar-refractivity contribution is 0.416. The molecule has 0 atom stereocenters. The summed E-state index contributed by atoms with van der Waals surface area (Å²) < 4.78 is 5.92. The van der Waals surface area contributed by atoms with E-state index in [0.717, 1.165) is 22.0 Å². The van der Waals surface area contributed by atoms with Gasteiger partial charge in [0.2, 0.25) is 0 Å². The van der Waals surface area contributed by atoms with Gasteiger partial charge in [-0.15, -0.1) is 11.3 Å². The first kappa shape index (κ1) is 11.4. The van der Waals surface area contributed by atoms with E-state index in [1.165, 1.54) is 11.3 Å². The minimum Gasteiger partial charge on any atom is -0.496 e. The summed E-state index contributed by atoms with van der Waals surface area (Å²) in [4.78, 5) is 4.39. The quantitative estimate of drug-likeness (QED) is 0.916. The molecule has 1 aromatic heterocycles. The average molecular weight is 255 g/mol. The highest BCUT2D eigenvalue weighted by molar-refractivity contribution is 7.19. The molecule has 0 aliphatic heterocycles. The largest absolute Gasteiger partial charge is 0.496 e. The van der Waals surface area contributed by atoms with Crippen molar-refractivity contribution in [1.82, 2.24) is 4.98 Å². The number of nitrogens with two attached hydrogens (primary N) is 1. The van der Waals surface area contributed by atoms with Crippen molar-refractivity contribution in [2.24, 2.45) is 5.73 Å². The Kier molecular flexibility index (Phi) is 3.43. The van der Waals surface area contributed by atoms with Gasteiger partial charge >= 0.3 is 0 Å². The van der Waals surface area contributed by atoms with Crippen LogP contribution in [0.1, 0.15) is 5.69 Å². The van der Waals surface area contributed by atoms with Crippen molar-refractivity contribution in [3.63, 3.8) is 0 Å². The van der Waals surface area contributed by atoms with Crippen LogP contribution in [0.3, 0.4) is 0 Å². The van der Waals surface area contributed by atoms with Crippen LogP contribution in [0.5, 0.6) is 5.75 Å². The number of halogens is 1. The molecule has 2 aromatic rings. The molecular weight excluding hydrogens is 244 g/mol. The normalized spacial score (nSPS) is 10.4. The van der Waals surface area contributed by atoms with Gasteiger partial charge < -0.3 is 10.5 Å². The molecule has 5 heteroatoms. The summed E-state index contributed by atoms with van der Waals surface area (Å²) in [6.07, 6.45) is 0. The lowest BCUT2D eigenvalue weighted by Crippen LogP contribution is -1.96. The van der Waals surface area contributed by atoms with Crippen LogP contribution >= 0.6 is 22.9 Å². The molecule has 0 bridgehead atoms. The van der Waals surface area contributed by atoms with Crippen LogP contribution in [0, 0.1) is 0 Å². The van der Waals surface area contributed by atoms with Gasteiger partial charge in [0.05, 0.1) is 18.4 Å². The zero-order valence-electron chi connectivity index (χ0n) is 8.74. The van der Waals surface area contributed by atoms with Crippen molar-refractivity contribution in [2.45, 2.75) is 6.54 Å². The SMILES string of the molecule is COc1ccccc1-c1nc(CN)c(Cl)s1. The van der Waals surface area contributed by atoms with E-state index in [9.17, 15) is 0 Å². The van der Waals surface area contributed by atoms with Gasteiger partial charge in [0, 0.05) is 6.54 Å². The fourth-order valence-electron chi connectivity index (χ4n) is 1.40. The summed E-state index contributed by atoms with van der Waals surface area (Å²) in [5.41, 5.74) is 7.21. The molecule has 0 aliphatic carbocycles. The molecule has 3 nitrogen and oxygen atoms in total. The smallest absolute Gasteiger partial charge is 0.129 e. The number of hydrogen-bond acceptors (Lipinski definition) is 4. The van der Waals surface area contributed by atoms with Gasteiger partial charge in [-0.1, -0.05) is 23.7 Å². The maximum atomic E-state index is 6.03. The molecule has 2 N–H and O–H groups in total. The first-order chi connectivity index (χ1) is 7.76. The Morgan fingerprint density at radius 2 is 2.19 bits per heavy atom. The summed E-state index contributed by atoms with van der Waals surface area (Å²) in [7, 11) is 1.64. The highest BCUT2D eigenvalue weighted by atomic mass is 35.5. The maximum absolute atomic E-state index is 6.03. The van der Waals surface area contributed by atoms with Gasteiger partial charge in [0.25, 0.3) is 0 Å². The second kappa shape index (κ2) is 4.82. The highest BCUT2D eigenvalue weighted by Crippen LogP contribution is 2.36. The molecule has 0 spiro atoms. The number of nitrogens with zero attached hydrogens (tertiary/aromatic N) is 1. The fourth-order valence-corrected chi connectivity index (χ4v) is 2.59. The molecular formula is C11H11ClN2OS. The van der Waals surface area contributed by atoms with Crippen LogP contribution in [0.25, 0.3) is 10.6 Å². The van der Waals surface area contributed by atoms with Gasteiger partial charge in [-0.05, 0) is 12.1 Å².